The van der Waals surface area contributed by atoms with Crippen molar-refractivity contribution >= 4 is 18.3 Å². The molecule has 1 rings (SSSR count). The first-order valence-electron chi connectivity index (χ1n) is 5.77. The second-order valence-corrected chi connectivity index (χ2v) is 3.98. The molecule has 4 nitrogen and oxygen atoms in total. The van der Waals surface area contributed by atoms with E-state index < -0.39 is 0 Å². The van der Waals surface area contributed by atoms with Gasteiger partial charge in [-0.05, 0) is 33.7 Å². The summed E-state index contributed by atoms with van der Waals surface area (Å²) in [6, 6.07) is 0.352. The Balaban J connectivity index is 0.00000225. The molecule has 1 fully saturated rings. The number of likely N-dealkylation sites (N-methyl/N-ethyl adjacent to an activating group) is 1. The quantitative estimate of drug-likeness (QED) is 0.793. The molecule has 1 N–H and O–H groups in total. The van der Waals surface area contributed by atoms with Gasteiger partial charge in [-0.1, -0.05) is 0 Å². The lowest BCUT2D eigenvalue weighted by Crippen LogP contribution is -2.45. The molecule has 0 aromatic rings. The minimum Gasteiger partial charge on any atom is -0.369 e. The lowest BCUT2D eigenvalue weighted by Gasteiger charge is -2.27. The summed E-state index contributed by atoms with van der Waals surface area (Å²) in [4.78, 5) is 13.9. The van der Waals surface area contributed by atoms with Gasteiger partial charge in [-0.25, -0.2) is 0 Å². The first-order valence-corrected chi connectivity index (χ1v) is 5.77. The Morgan fingerprint density at radius 1 is 1.62 bits per heavy atom. The van der Waals surface area contributed by atoms with E-state index in [2.05, 4.69) is 5.32 Å². The van der Waals surface area contributed by atoms with Crippen molar-refractivity contribution < 1.29 is 9.53 Å². The zero-order valence-corrected chi connectivity index (χ0v) is 11.2. The third kappa shape index (κ3) is 3.92. The summed E-state index contributed by atoms with van der Waals surface area (Å²) in [5.74, 6) is 0.134. The topological polar surface area (TPSA) is 41.6 Å². The number of carbonyl (C=O) groups excluding carboxylic acids is 1. The zero-order chi connectivity index (χ0) is 11.3. The standard InChI is InChI=1S/C11H22N2O2.ClH/c1-4-15-9(2)11(14)13-7-5-6-10(13)8-12-3;/h9-10,12H,4-8H2,1-3H3;1H. The number of nitrogens with one attached hydrogen (secondary N) is 1. The molecule has 16 heavy (non-hydrogen) atoms. The summed E-state index contributed by atoms with van der Waals surface area (Å²) in [6.45, 7) is 6.10. The van der Waals surface area contributed by atoms with Gasteiger partial charge in [0, 0.05) is 25.7 Å². The minimum atomic E-state index is -0.299. The van der Waals surface area contributed by atoms with Crippen molar-refractivity contribution in [2.45, 2.75) is 38.8 Å². The van der Waals surface area contributed by atoms with Gasteiger partial charge in [0.2, 0.25) is 0 Å². The fourth-order valence-corrected chi connectivity index (χ4v) is 2.13. The van der Waals surface area contributed by atoms with E-state index in [9.17, 15) is 4.79 Å². The van der Waals surface area contributed by atoms with Crippen molar-refractivity contribution in [2.75, 3.05) is 26.7 Å². The monoisotopic (exact) mass is 250 g/mol. The maximum atomic E-state index is 12.0. The lowest BCUT2D eigenvalue weighted by atomic mass is 10.2. The molecule has 1 saturated heterocycles. The van der Waals surface area contributed by atoms with Gasteiger partial charge in [0.05, 0.1) is 0 Å². The summed E-state index contributed by atoms with van der Waals surface area (Å²) in [6.07, 6.45) is 1.91. The Bertz CT molecular complexity index is 214. The Kier molecular flexibility index (Phi) is 7.72. The fraction of sp³-hybridized carbons (Fsp3) is 0.909. The van der Waals surface area contributed by atoms with Crippen molar-refractivity contribution in [3.05, 3.63) is 0 Å². The Labute approximate surface area is 104 Å². The maximum absolute atomic E-state index is 12.0. The molecule has 5 heteroatoms. The fourth-order valence-electron chi connectivity index (χ4n) is 2.13. The number of hydrogen-bond donors (Lipinski definition) is 1. The highest BCUT2D eigenvalue weighted by molar-refractivity contribution is 5.85. The molecule has 0 saturated carbocycles. The molecule has 0 aromatic carbocycles. The molecular formula is C11H23ClN2O2. The van der Waals surface area contributed by atoms with Gasteiger partial charge < -0.3 is 15.0 Å². The van der Waals surface area contributed by atoms with Gasteiger partial charge in [0.15, 0.2) is 0 Å². The van der Waals surface area contributed by atoms with Crippen LogP contribution >= 0.6 is 12.4 Å². The van der Waals surface area contributed by atoms with E-state index in [4.69, 9.17) is 4.74 Å². The third-order valence-electron chi connectivity index (χ3n) is 2.86. The van der Waals surface area contributed by atoms with Crippen LogP contribution in [0.4, 0.5) is 0 Å². The number of ether oxygens (including phenoxy) is 1. The summed E-state index contributed by atoms with van der Waals surface area (Å²) in [5.41, 5.74) is 0. The van der Waals surface area contributed by atoms with E-state index in [1.165, 1.54) is 0 Å². The first kappa shape index (κ1) is 15.7. The number of likely N-dealkylation sites (tertiary alicyclic amines) is 1. The van der Waals surface area contributed by atoms with Crippen LogP contribution in [-0.4, -0.2) is 49.7 Å². The van der Waals surface area contributed by atoms with Gasteiger partial charge in [-0.3, -0.25) is 4.79 Å². The van der Waals surface area contributed by atoms with Gasteiger partial charge in [-0.2, -0.15) is 0 Å². The summed E-state index contributed by atoms with van der Waals surface area (Å²) < 4.78 is 5.33. The van der Waals surface area contributed by atoms with E-state index in [0.29, 0.717) is 12.6 Å². The van der Waals surface area contributed by atoms with E-state index in [1.807, 2.05) is 25.8 Å². The number of nitrogens with zero attached hydrogens (tertiary/aromatic N) is 1. The summed E-state index contributed by atoms with van der Waals surface area (Å²) >= 11 is 0. The van der Waals surface area contributed by atoms with Crippen LogP contribution in [0.25, 0.3) is 0 Å². The molecular weight excluding hydrogens is 228 g/mol. The first-order chi connectivity index (χ1) is 7.20. The van der Waals surface area contributed by atoms with Gasteiger partial charge in [-0.15, -0.1) is 12.4 Å². The Morgan fingerprint density at radius 3 is 2.88 bits per heavy atom. The number of halogens is 1. The van der Waals surface area contributed by atoms with E-state index >= 15 is 0 Å². The highest BCUT2D eigenvalue weighted by atomic mass is 35.5. The van der Waals surface area contributed by atoms with Crippen LogP contribution in [0.5, 0.6) is 0 Å². The van der Waals surface area contributed by atoms with Crippen molar-refractivity contribution in [1.82, 2.24) is 10.2 Å². The molecule has 1 heterocycles. The molecule has 1 aliphatic rings. The van der Waals surface area contributed by atoms with E-state index in [-0.39, 0.29) is 24.4 Å². The molecule has 1 aliphatic heterocycles. The van der Waals surface area contributed by atoms with Crippen LogP contribution in [0.1, 0.15) is 26.7 Å². The van der Waals surface area contributed by atoms with E-state index in [1.54, 1.807) is 0 Å². The normalized spacial score (nSPS) is 21.7. The molecule has 0 aliphatic carbocycles. The van der Waals surface area contributed by atoms with Gasteiger partial charge >= 0.3 is 0 Å². The second-order valence-electron chi connectivity index (χ2n) is 3.98. The number of hydrogen-bond acceptors (Lipinski definition) is 3. The summed E-state index contributed by atoms with van der Waals surface area (Å²) in [5, 5.41) is 3.13. The van der Waals surface area contributed by atoms with Gasteiger partial charge in [0.25, 0.3) is 5.91 Å². The van der Waals surface area contributed by atoms with Crippen LogP contribution < -0.4 is 5.32 Å². The highest BCUT2D eigenvalue weighted by Gasteiger charge is 2.30. The molecule has 1 amide bonds. The smallest absolute Gasteiger partial charge is 0.251 e. The van der Waals surface area contributed by atoms with Crippen molar-refractivity contribution in [3.63, 3.8) is 0 Å². The Morgan fingerprint density at radius 2 is 2.31 bits per heavy atom. The molecule has 0 aromatic heterocycles. The predicted molar refractivity (Wildman–Crippen MR) is 67.0 cm³/mol. The maximum Gasteiger partial charge on any atom is 0.251 e. The third-order valence-corrected chi connectivity index (χ3v) is 2.86. The van der Waals surface area contributed by atoms with Gasteiger partial charge in [0.1, 0.15) is 6.10 Å². The molecule has 0 bridgehead atoms. The average molecular weight is 251 g/mol. The molecule has 0 spiro atoms. The van der Waals surface area contributed by atoms with Crippen molar-refractivity contribution in [3.8, 4) is 0 Å². The molecule has 96 valence electrons. The Hall–Kier alpha value is -0.320. The zero-order valence-electron chi connectivity index (χ0n) is 10.4. The highest BCUT2D eigenvalue weighted by Crippen LogP contribution is 2.18. The largest absolute Gasteiger partial charge is 0.369 e. The van der Waals surface area contributed by atoms with Crippen LogP contribution in [0.15, 0.2) is 0 Å². The summed E-state index contributed by atoms with van der Waals surface area (Å²) in [7, 11) is 1.92. The minimum absolute atomic E-state index is 0. The van der Waals surface area contributed by atoms with E-state index in [0.717, 1.165) is 25.9 Å². The SMILES string of the molecule is CCOC(C)C(=O)N1CCCC1CNC.Cl. The lowest BCUT2D eigenvalue weighted by molar-refractivity contribution is -0.143. The van der Waals surface area contributed by atoms with Crippen LogP contribution in [0.2, 0.25) is 0 Å². The van der Waals surface area contributed by atoms with Crippen LogP contribution in [0.3, 0.4) is 0 Å². The van der Waals surface area contributed by atoms with Crippen LogP contribution in [0, 0.1) is 0 Å². The number of carbonyl (C=O) groups is 1. The number of amides is 1. The van der Waals surface area contributed by atoms with Crippen molar-refractivity contribution in [2.24, 2.45) is 0 Å². The second kappa shape index (κ2) is 7.87. The van der Waals surface area contributed by atoms with Crippen LogP contribution in [-0.2, 0) is 9.53 Å². The number of rotatable bonds is 5. The molecule has 2 atom stereocenters. The predicted octanol–water partition coefficient (Wildman–Crippen LogP) is 1.04. The average Bonchev–Trinajstić information content (AvgIpc) is 2.66. The van der Waals surface area contributed by atoms with Crippen molar-refractivity contribution in [1.29, 1.82) is 0 Å². The molecule has 0 radical (unpaired) electrons. The molecule has 2 unspecified atom stereocenters.